The van der Waals surface area contributed by atoms with Crippen LogP contribution < -0.4 is 5.48 Å². The summed E-state index contributed by atoms with van der Waals surface area (Å²) in [6.45, 7) is 0. The van der Waals surface area contributed by atoms with Crippen LogP contribution in [-0.4, -0.2) is 25.9 Å². The number of hydrogen-bond donors (Lipinski definition) is 2. The Bertz CT molecular complexity index is 873. The molecule has 0 unspecified atom stereocenters. The van der Waals surface area contributed by atoms with Gasteiger partial charge in [0.05, 0.1) is 11.2 Å². The Labute approximate surface area is 138 Å². The molecule has 1 aromatic carbocycles. The van der Waals surface area contributed by atoms with Crippen molar-refractivity contribution in [2.75, 3.05) is 0 Å². The number of furan rings is 1. The summed E-state index contributed by atoms with van der Waals surface area (Å²) < 4.78 is 35.0. The first kappa shape index (κ1) is 16.1. The molecule has 2 aromatic heterocycles. The summed E-state index contributed by atoms with van der Waals surface area (Å²) in [4.78, 5) is 10.9. The molecule has 7 nitrogen and oxygen atoms in total. The van der Waals surface area contributed by atoms with Crippen molar-refractivity contribution in [3.05, 3.63) is 47.7 Å². The summed E-state index contributed by atoms with van der Waals surface area (Å²) in [5, 5.41) is 16.6. The van der Waals surface area contributed by atoms with Gasteiger partial charge in [0, 0.05) is 12.6 Å². The lowest BCUT2D eigenvalue weighted by atomic mass is 10.2. The topological polar surface area (TPSA) is 93.2 Å². The van der Waals surface area contributed by atoms with Gasteiger partial charge in [-0.1, -0.05) is 0 Å². The van der Waals surface area contributed by atoms with Crippen LogP contribution in [-0.2, 0) is 7.05 Å². The molecule has 10 heteroatoms. The third kappa shape index (κ3) is 2.88. The smallest absolute Gasteiger partial charge is 0.274 e. The molecule has 0 saturated heterocycles. The van der Waals surface area contributed by atoms with Crippen molar-refractivity contribution in [2.24, 2.45) is 7.05 Å². The standard InChI is InChI=1S/C14H10F2N4O3S/c1-20-12(10-3-2-4-23-10)17-18-14(20)24-11-8(15)5-7(6-9(11)16)13(21)19-22/h2-6,22H,1H3,(H,19,21). The van der Waals surface area contributed by atoms with Crippen LogP contribution in [0.4, 0.5) is 8.78 Å². The minimum atomic E-state index is -1.01. The highest BCUT2D eigenvalue weighted by atomic mass is 32.2. The third-order valence-electron chi connectivity index (χ3n) is 3.13. The monoisotopic (exact) mass is 352 g/mol. The number of hydrogen-bond acceptors (Lipinski definition) is 6. The van der Waals surface area contributed by atoms with Gasteiger partial charge in [0.15, 0.2) is 16.7 Å². The fourth-order valence-corrected chi connectivity index (χ4v) is 2.77. The van der Waals surface area contributed by atoms with E-state index in [9.17, 15) is 13.6 Å². The van der Waals surface area contributed by atoms with E-state index in [4.69, 9.17) is 9.62 Å². The Kier molecular flexibility index (Phi) is 4.32. The van der Waals surface area contributed by atoms with Crippen molar-refractivity contribution >= 4 is 17.7 Å². The van der Waals surface area contributed by atoms with Gasteiger partial charge in [-0.15, -0.1) is 10.2 Å². The van der Waals surface area contributed by atoms with E-state index in [1.54, 1.807) is 19.2 Å². The van der Waals surface area contributed by atoms with Gasteiger partial charge in [-0.3, -0.25) is 10.0 Å². The molecule has 24 heavy (non-hydrogen) atoms. The first-order valence-corrected chi connectivity index (χ1v) is 7.37. The Morgan fingerprint density at radius 1 is 1.33 bits per heavy atom. The maximum absolute atomic E-state index is 14.1. The van der Waals surface area contributed by atoms with Crippen LogP contribution in [0.1, 0.15) is 10.4 Å². The van der Waals surface area contributed by atoms with Gasteiger partial charge in [0.1, 0.15) is 11.6 Å². The summed E-state index contributed by atoms with van der Waals surface area (Å²) in [7, 11) is 1.63. The molecule has 2 heterocycles. The molecule has 0 aliphatic carbocycles. The zero-order valence-electron chi connectivity index (χ0n) is 12.2. The third-order valence-corrected chi connectivity index (χ3v) is 4.26. The highest BCUT2D eigenvalue weighted by molar-refractivity contribution is 7.99. The Morgan fingerprint density at radius 3 is 2.62 bits per heavy atom. The van der Waals surface area contributed by atoms with Crippen LogP contribution in [0, 0.1) is 11.6 Å². The Hall–Kier alpha value is -2.72. The van der Waals surface area contributed by atoms with Crippen molar-refractivity contribution in [3.8, 4) is 11.6 Å². The van der Waals surface area contributed by atoms with Crippen LogP contribution in [0.25, 0.3) is 11.6 Å². The van der Waals surface area contributed by atoms with Crippen LogP contribution in [0.5, 0.6) is 0 Å². The number of aromatic nitrogens is 3. The largest absolute Gasteiger partial charge is 0.461 e. The first-order valence-electron chi connectivity index (χ1n) is 6.56. The van der Waals surface area contributed by atoms with Gasteiger partial charge >= 0.3 is 0 Å². The second kappa shape index (κ2) is 6.42. The van der Waals surface area contributed by atoms with Crippen molar-refractivity contribution in [3.63, 3.8) is 0 Å². The molecule has 124 valence electrons. The van der Waals surface area contributed by atoms with Crippen LogP contribution in [0.3, 0.4) is 0 Å². The van der Waals surface area contributed by atoms with Crippen molar-refractivity contribution < 1.29 is 23.2 Å². The number of benzene rings is 1. The number of halogens is 2. The number of hydroxylamine groups is 1. The lowest BCUT2D eigenvalue weighted by Gasteiger charge is -2.07. The predicted octanol–water partition coefficient (Wildman–Crippen LogP) is 2.62. The minimum absolute atomic E-state index is 0.235. The summed E-state index contributed by atoms with van der Waals surface area (Å²) in [6.07, 6.45) is 1.47. The van der Waals surface area contributed by atoms with Crippen LogP contribution in [0.15, 0.2) is 45.0 Å². The SMILES string of the molecule is Cn1c(Sc2c(F)cc(C(=O)NO)cc2F)nnc1-c1ccco1. The van der Waals surface area contributed by atoms with E-state index in [0.717, 1.165) is 23.9 Å². The molecule has 1 amide bonds. The van der Waals surface area contributed by atoms with Crippen molar-refractivity contribution in [1.82, 2.24) is 20.2 Å². The van der Waals surface area contributed by atoms with Crippen molar-refractivity contribution in [1.29, 1.82) is 0 Å². The summed E-state index contributed by atoms with van der Waals surface area (Å²) in [5.41, 5.74) is 0.975. The molecule has 3 rings (SSSR count). The predicted molar refractivity (Wildman–Crippen MR) is 78.4 cm³/mol. The molecule has 0 spiro atoms. The van der Waals surface area contributed by atoms with Gasteiger partial charge in [-0.05, 0) is 36.0 Å². The zero-order chi connectivity index (χ0) is 17.3. The number of nitrogens with zero attached hydrogens (tertiary/aromatic N) is 3. The quantitative estimate of drug-likeness (QED) is 0.554. The van der Waals surface area contributed by atoms with Gasteiger partial charge < -0.3 is 8.98 Å². The van der Waals surface area contributed by atoms with E-state index in [2.05, 4.69) is 10.2 Å². The molecule has 0 bridgehead atoms. The molecule has 0 saturated carbocycles. The molecule has 0 atom stereocenters. The first-order chi connectivity index (χ1) is 11.5. The maximum atomic E-state index is 14.1. The Balaban J connectivity index is 1.94. The molecule has 0 aliphatic rings. The zero-order valence-corrected chi connectivity index (χ0v) is 13.0. The van der Waals surface area contributed by atoms with Gasteiger partial charge in [0.2, 0.25) is 0 Å². The highest BCUT2D eigenvalue weighted by Gasteiger charge is 2.20. The normalized spacial score (nSPS) is 10.8. The number of rotatable bonds is 4. The number of amides is 1. The van der Waals surface area contributed by atoms with E-state index in [1.165, 1.54) is 16.3 Å². The summed E-state index contributed by atoms with van der Waals surface area (Å²) in [6, 6.07) is 5.00. The van der Waals surface area contributed by atoms with E-state index < -0.39 is 17.5 Å². The van der Waals surface area contributed by atoms with E-state index in [-0.39, 0.29) is 15.6 Å². The average Bonchev–Trinajstić information content (AvgIpc) is 3.20. The summed E-state index contributed by atoms with van der Waals surface area (Å²) in [5.74, 6) is -2.06. The van der Waals surface area contributed by atoms with Gasteiger partial charge in [-0.25, -0.2) is 14.3 Å². The maximum Gasteiger partial charge on any atom is 0.274 e. The molecule has 0 aliphatic heterocycles. The Morgan fingerprint density at radius 2 is 2.04 bits per heavy atom. The average molecular weight is 352 g/mol. The lowest BCUT2D eigenvalue weighted by Crippen LogP contribution is -2.19. The van der Waals surface area contributed by atoms with Crippen LogP contribution >= 0.6 is 11.8 Å². The second-order valence-corrected chi connectivity index (χ2v) is 5.63. The molecular formula is C14H10F2N4O3S. The number of carbonyl (C=O) groups excluding carboxylic acids is 1. The highest BCUT2D eigenvalue weighted by Crippen LogP contribution is 2.33. The molecule has 2 N–H and O–H groups in total. The molecular weight excluding hydrogens is 342 g/mol. The lowest BCUT2D eigenvalue weighted by molar-refractivity contribution is 0.0705. The van der Waals surface area contributed by atoms with Gasteiger partial charge in [-0.2, -0.15) is 0 Å². The fraction of sp³-hybridized carbons (Fsp3) is 0.0714. The molecule has 3 aromatic rings. The van der Waals surface area contributed by atoms with Crippen molar-refractivity contribution in [2.45, 2.75) is 10.1 Å². The van der Waals surface area contributed by atoms with E-state index in [0.29, 0.717) is 11.6 Å². The minimum Gasteiger partial charge on any atom is -0.461 e. The fourth-order valence-electron chi connectivity index (χ4n) is 1.97. The van der Waals surface area contributed by atoms with Crippen LogP contribution in [0.2, 0.25) is 0 Å². The summed E-state index contributed by atoms with van der Waals surface area (Å²) >= 11 is 0.717. The molecule has 0 radical (unpaired) electrons. The number of carbonyl (C=O) groups is 1. The number of nitrogens with one attached hydrogen (secondary N) is 1. The molecule has 0 fully saturated rings. The second-order valence-electron chi connectivity index (χ2n) is 4.65. The van der Waals surface area contributed by atoms with E-state index >= 15 is 0 Å². The van der Waals surface area contributed by atoms with E-state index in [1.807, 2.05) is 0 Å². The van der Waals surface area contributed by atoms with Gasteiger partial charge in [0.25, 0.3) is 5.91 Å².